The minimum Gasteiger partial charge on any atom is -0.464 e. The average molecular weight is 352 g/mol. The second-order valence-corrected chi connectivity index (χ2v) is 5.99. The van der Waals surface area contributed by atoms with Crippen molar-refractivity contribution >= 4 is 17.8 Å². The van der Waals surface area contributed by atoms with Gasteiger partial charge in [-0.25, -0.2) is 9.80 Å². The third-order valence-corrected chi connectivity index (χ3v) is 4.34. The molecule has 1 saturated heterocycles. The molecule has 1 aliphatic rings. The Morgan fingerprint density at radius 1 is 1.08 bits per heavy atom. The Bertz CT molecular complexity index is 792. The molecule has 0 aliphatic carbocycles. The molecule has 0 bridgehead atoms. The zero-order valence-electron chi connectivity index (χ0n) is 14.4. The van der Waals surface area contributed by atoms with Gasteiger partial charge in [-0.2, -0.15) is 0 Å². The molecule has 1 aliphatic heterocycles. The number of ether oxygens (including phenoxy) is 1. The maximum absolute atomic E-state index is 12.5. The Morgan fingerprint density at radius 3 is 2.31 bits per heavy atom. The number of hydrazine groups is 1. The summed E-state index contributed by atoms with van der Waals surface area (Å²) in [6, 6.07) is 17.0. The zero-order valence-corrected chi connectivity index (χ0v) is 14.4. The van der Waals surface area contributed by atoms with Gasteiger partial charge in [0, 0.05) is 17.9 Å². The Morgan fingerprint density at radius 2 is 1.69 bits per heavy atom. The standard InChI is InChI=1S/C20H20N2O4/c1-2-26-20(25)18-16(14-9-5-3-6-10-14)13-17(23)22(18)21-19(24)15-11-7-4-8-12-15/h3-12,16,18H,2,13H2,1H3,(H,21,24)/t16-,18-/m1/s1. The third-order valence-electron chi connectivity index (χ3n) is 4.34. The van der Waals surface area contributed by atoms with Crippen LogP contribution in [0, 0.1) is 0 Å². The lowest BCUT2D eigenvalue weighted by Crippen LogP contribution is -2.52. The van der Waals surface area contributed by atoms with E-state index in [2.05, 4.69) is 5.43 Å². The van der Waals surface area contributed by atoms with Crippen molar-refractivity contribution in [2.75, 3.05) is 6.61 Å². The normalized spacial score (nSPS) is 19.3. The molecule has 3 rings (SSSR count). The fourth-order valence-electron chi connectivity index (χ4n) is 3.13. The highest BCUT2D eigenvalue weighted by Gasteiger charge is 2.46. The van der Waals surface area contributed by atoms with Gasteiger partial charge < -0.3 is 4.74 Å². The molecule has 26 heavy (non-hydrogen) atoms. The van der Waals surface area contributed by atoms with Gasteiger partial charge in [0.1, 0.15) is 0 Å². The highest BCUT2D eigenvalue weighted by molar-refractivity contribution is 5.97. The van der Waals surface area contributed by atoms with E-state index in [0.29, 0.717) is 5.56 Å². The van der Waals surface area contributed by atoms with Crippen LogP contribution in [-0.4, -0.2) is 35.4 Å². The number of carbonyl (C=O) groups is 3. The summed E-state index contributed by atoms with van der Waals surface area (Å²) in [6.07, 6.45) is 0.128. The molecule has 2 aromatic rings. The lowest BCUT2D eigenvalue weighted by atomic mass is 9.92. The van der Waals surface area contributed by atoms with Gasteiger partial charge in [-0.1, -0.05) is 48.5 Å². The van der Waals surface area contributed by atoms with Crippen molar-refractivity contribution in [1.82, 2.24) is 10.4 Å². The quantitative estimate of drug-likeness (QED) is 0.838. The van der Waals surface area contributed by atoms with Gasteiger partial charge in [0.2, 0.25) is 5.91 Å². The summed E-state index contributed by atoms with van der Waals surface area (Å²) in [5.41, 5.74) is 3.84. The molecular weight excluding hydrogens is 332 g/mol. The number of benzene rings is 2. The third kappa shape index (κ3) is 3.59. The lowest BCUT2D eigenvalue weighted by Gasteiger charge is -2.26. The maximum atomic E-state index is 12.5. The summed E-state index contributed by atoms with van der Waals surface area (Å²) in [5, 5.41) is 1.12. The predicted octanol–water partition coefficient (Wildman–Crippen LogP) is 2.28. The molecule has 6 heteroatoms. The molecule has 2 amide bonds. The van der Waals surface area contributed by atoms with E-state index in [0.717, 1.165) is 10.6 Å². The first-order valence-corrected chi connectivity index (χ1v) is 8.51. The summed E-state index contributed by atoms with van der Waals surface area (Å²) in [4.78, 5) is 37.5. The Kier molecular flexibility index (Phi) is 5.31. The topological polar surface area (TPSA) is 75.7 Å². The van der Waals surface area contributed by atoms with E-state index in [1.54, 1.807) is 37.3 Å². The number of rotatable bonds is 5. The summed E-state index contributed by atoms with van der Waals surface area (Å²) < 4.78 is 5.16. The SMILES string of the molecule is CCOC(=O)[C@H]1[C@@H](c2ccccc2)CC(=O)N1NC(=O)c1ccccc1. The molecule has 2 atom stereocenters. The molecule has 0 unspecified atom stereocenters. The Balaban J connectivity index is 1.88. The van der Waals surface area contributed by atoms with Crippen molar-refractivity contribution in [2.24, 2.45) is 0 Å². The fraction of sp³-hybridized carbons (Fsp3) is 0.250. The molecule has 1 heterocycles. The van der Waals surface area contributed by atoms with E-state index < -0.39 is 17.9 Å². The Hall–Kier alpha value is -3.15. The van der Waals surface area contributed by atoms with E-state index >= 15 is 0 Å². The number of carbonyl (C=O) groups excluding carboxylic acids is 3. The van der Waals surface area contributed by atoms with Crippen molar-refractivity contribution < 1.29 is 19.1 Å². The van der Waals surface area contributed by atoms with Crippen LogP contribution in [0.5, 0.6) is 0 Å². The number of esters is 1. The van der Waals surface area contributed by atoms with Crippen LogP contribution < -0.4 is 5.43 Å². The van der Waals surface area contributed by atoms with Crippen molar-refractivity contribution in [3.05, 3.63) is 71.8 Å². The smallest absolute Gasteiger partial charge is 0.331 e. The van der Waals surface area contributed by atoms with E-state index in [4.69, 9.17) is 4.74 Å². The van der Waals surface area contributed by atoms with Gasteiger partial charge >= 0.3 is 5.97 Å². The monoisotopic (exact) mass is 352 g/mol. The van der Waals surface area contributed by atoms with Crippen LogP contribution in [0.15, 0.2) is 60.7 Å². The number of amides is 2. The van der Waals surface area contributed by atoms with E-state index in [9.17, 15) is 14.4 Å². The van der Waals surface area contributed by atoms with Crippen molar-refractivity contribution in [2.45, 2.75) is 25.3 Å². The number of nitrogens with zero attached hydrogens (tertiary/aromatic N) is 1. The van der Waals surface area contributed by atoms with Crippen LogP contribution in [0.3, 0.4) is 0 Å². The van der Waals surface area contributed by atoms with Crippen LogP contribution in [0.2, 0.25) is 0 Å². The van der Waals surface area contributed by atoms with Crippen molar-refractivity contribution in [3.63, 3.8) is 0 Å². The number of hydrogen-bond acceptors (Lipinski definition) is 4. The molecule has 6 nitrogen and oxygen atoms in total. The molecule has 0 spiro atoms. The molecule has 0 radical (unpaired) electrons. The van der Waals surface area contributed by atoms with Gasteiger partial charge in [0.15, 0.2) is 6.04 Å². The summed E-state index contributed by atoms with van der Waals surface area (Å²) >= 11 is 0. The minimum atomic E-state index is -0.891. The largest absolute Gasteiger partial charge is 0.464 e. The van der Waals surface area contributed by atoms with Crippen LogP contribution in [0.4, 0.5) is 0 Å². The van der Waals surface area contributed by atoms with Crippen LogP contribution >= 0.6 is 0 Å². The summed E-state index contributed by atoms with van der Waals surface area (Å²) in [6.45, 7) is 1.91. The molecule has 0 saturated carbocycles. The highest BCUT2D eigenvalue weighted by atomic mass is 16.5. The molecule has 134 valence electrons. The molecular formula is C20H20N2O4. The lowest BCUT2D eigenvalue weighted by molar-refractivity contribution is -0.153. The van der Waals surface area contributed by atoms with Crippen LogP contribution in [-0.2, 0) is 14.3 Å². The van der Waals surface area contributed by atoms with Gasteiger partial charge in [0.05, 0.1) is 6.61 Å². The minimum absolute atomic E-state index is 0.128. The zero-order chi connectivity index (χ0) is 18.5. The molecule has 0 aromatic heterocycles. The average Bonchev–Trinajstić information content (AvgIpc) is 3.00. The van der Waals surface area contributed by atoms with E-state index in [-0.39, 0.29) is 24.9 Å². The number of hydrogen-bond donors (Lipinski definition) is 1. The Labute approximate surface area is 151 Å². The first kappa shape index (κ1) is 17.7. The molecule has 1 fully saturated rings. The molecule has 1 N–H and O–H groups in total. The highest BCUT2D eigenvalue weighted by Crippen LogP contribution is 2.34. The second-order valence-electron chi connectivity index (χ2n) is 5.99. The van der Waals surface area contributed by atoms with Crippen LogP contribution in [0.1, 0.15) is 35.2 Å². The predicted molar refractivity (Wildman–Crippen MR) is 95.0 cm³/mol. The van der Waals surface area contributed by atoms with Crippen LogP contribution in [0.25, 0.3) is 0 Å². The first-order valence-electron chi connectivity index (χ1n) is 8.51. The van der Waals surface area contributed by atoms with E-state index in [1.165, 1.54) is 0 Å². The van der Waals surface area contributed by atoms with Gasteiger partial charge in [0.25, 0.3) is 5.91 Å². The number of nitrogens with one attached hydrogen (secondary N) is 1. The van der Waals surface area contributed by atoms with Gasteiger partial charge in [-0.05, 0) is 24.6 Å². The van der Waals surface area contributed by atoms with Crippen molar-refractivity contribution in [1.29, 1.82) is 0 Å². The second kappa shape index (κ2) is 7.82. The summed E-state index contributed by atoms with van der Waals surface area (Å²) in [5.74, 6) is -1.66. The summed E-state index contributed by atoms with van der Waals surface area (Å²) in [7, 11) is 0. The van der Waals surface area contributed by atoms with E-state index in [1.807, 2.05) is 30.3 Å². The fourth-order valence-corrected chi connectivity index (χ4v) is 3.13. The van der Waals surface area contributed by atoms with Crippen molar-refractivity contribution in [3.8, 4) is 0 Å². The van der Waals surface area contributed by atoms with Gasteiger partial charge in [-0.15, -0.1) is 0 Å². The first-order chi connectivity index (χ1) is 12.6. The maximum Gasteiger partial charge on any atom is 0.331 e. The molecule has 2 aromatic carbocycles. The van der Waals surface area contributed by atoms with Gasteiger partial charge in [-0.3, -0.25) is 15.0 Å².